The van der Waals surface area contributed by atoms with Gasteiger partial charge in [0, 0.05) is 19.4 Å². The minimum atomic E-state index is 0.0415. The van der Waals surface area contributed by atoms with E-state index in [1.165, 1.54) is 4.90 Å². The topological polar surface area (TPSA) is 49.4 Å². The van der Waals surface area contributed by atoms with Gasteiger partial charge < -0.3 is 5.32 Å². The molecule has 2 fully saturated rings. The number of carbonyl (C=O) groups is 2. The van der Waals surface area contributed by atoms with Gasteiger partial charge in [0.1, 0.15) is 0 Å². The molecule has 84 valence electrons. The second-order valence-corrected chi connectivity index (χ2v) is 4.75. The largest absolute Gasteiger partial charge is 0.320 e. The SMILES string of the molecule is CNCCCN1C(=O)CC2(CC2)CC1=O. The highest BCUT2D eigenvalue weighted by Crippen LogP contribution is 2.54. The summed E-state index contributed by atoms with van der Waals surface area (Å²) in [6.07, 6.45) is 4.17. The molecular formula is C11H18N2O2. The standard InChI is InChI=1S/C11H18N2O2/c1-12-5-2-6-13-9(14)7-11(3-4-11)8-10(13)15/h12H,2-8H2,1H3. The maximum Gasteiger partial charge on any atom is 0.229 e. The molecule has 1 aliphatic carbocycles. The Morgan fingerprint density at radius 2 is 1.87 bits per heavy atom. The van der Waals surface area contributed by atoms with Crippen LogP contribution in [0.4, 0.5) is 0 Å². The van der Waals surface area contributed by atoms with Crippen LogP contribution >= 0.6 is 0 Å². The summed E-state index contributed by atoms with van der Waals surface area (Å²) in [5.74, 6) is 0.0831. The van der Waals surface area contributed by atoms with Gasteiger partial charge in [-0.25, -0.2) is 0 Å². The number of amides is 2. The number of likely N-dealkylation sites (tertiary alicyclic amines) is 1. The van der Waals surface area contributed by atoms with Gasteiger partial charge in [0.15, 0.2) is 0 Å². The van der Waals surface area contributed by atoms with Gasteiger partial charge in [0.2, 0.25) is 11.8 Å². The molecule has 4 heteroatoms. The quantitative estimate of drug-likeness (QED) is 0.544. The summed E-state index contributed by atoms with van der Waals surface area (Å²) in [5.41, 5.74) is 0.0909. The Kier molecular flexibility index (Phi) is 2.78. The molecule has 0 aromatic rings. The Hall–Kier alpha value is -0.900. The highest BCUT2D eigenvalue weighted by Gasteiger charge is 2.51. The number of hydrogen-bond acceptors (Lipinski definition) is 3. The van der Waals surface area contributed by atoms with E-state index in [1.807, 2.05) is 7.05 Å². The first kappa shape index (κ1) is 10.6. The van der Waals surface area contributed by atoms with Crippen molar-refractivity contribution in [3.05, 3.63) is 0 Å². The number of carbonyl (C=O) groups excluding carboxylic acids is 2. The maximum absolute atomic E-state index is 11.7. The molecule has 0 atom stereocenters. The number of imide groups is 1. The molecule has 1 saturated heterocycles. The Morgan fingerprint density at radius 3 is 2.33 bits per heavy atom. The fraction of sp³-hybridized carbons (Fsp3) is 0.818. The van der Waals surface area contributed by atoms with Crippen molar-refractivity contribution < 1.29 is 9.59 Å². The van der Waals surface area contributed by atoms with E-state index in [9.17, 15) is 9.59 Å². The summed E-state index contributed by atoms with van der Waals surface area (Å²) in [6, 6.07) is 0. The third-order valence-electron chi connectivity index (χ3n) is 3.42. The molecular weight excluding hydrogens is 192 g/mol. The van der Waals surface area contributed by atoms with E-state index in [1.54, 1.807) is 0 Å². The Morgan fingerprint density at radius 1 is 1.27 bits per heavy atom. The molecule has 1 heterocycles. The summed E-state index contributed by atoms with van der Waals surface area (Å²) in [6.45, 7) is 1.43. The van der Waals surface area contributed by atoms with Crippen molar-refractivity contribution >= 4 is 11.8 Å². The fourth-order valence-electron chi connectivity index (χ4n) is 2.23. The summed E-state index contributed by atoms with van der Waals surface area (Å²) in [5, 5.41) is 3.02. The Bertz CT molecular complexity index is 264. The van der Waals surface area contributed by atoms with Crippen molar-refractivity contribution in [2.24, 2.45) is 5.41 Å². The molecule has 1 spiro atoms. The van der Waals surface area contributed by atoms with Crippen molar-refractivity contribution in [3.8, 4) is 0 Å². The van der Waals surface area contributed by atoms with Crippen LogP contribution in [-0.2, 0) is 9.59 Å². The van der Waals surface area contributed by atoms with Crippen LogP contribution in [0.25, 0.3) is 0 Å². The van der Waals surface area contributed by atoms with Crippen LogP contribution in [-0.4, -0.2) is 36.9 Å². The zero-order valence-electron chi connectivity index (χ0n) is 9.21. The lowest BCUT2D eigenvalue weighted by molar-refractivity contribution is -0.150. The molecule has 0 aromatic heterocycles. The first-order valence-electron chi connectivity index (χ1n) is 5.65. The van der Waals surface area contributed by atoms with Crippen molar-refractivity contribution in [3.63, 3.8) is 0 Å². The van der Waals surface area contributed by atoms with Gasteiger partial charge in [-0.05, 0) is 38.3 Å². The monoisotopic (exact) mass is 210 g/mol. The second kappa shape index (κ2) is 3.93. The van der Waals surface area contributed by atoms with Crippen molar-refractivity contribution in [2.75, 3.05) is 20.1 Å². The van der Waals surface area contributed by atoms with Crippen LogP contribution in [0.5, 0.6) is 0 Å². The smallest absolute Gasteiger partial charge is 0.229 e. The van der Waals surface area contributed by atoms with Crippen LogP contribution < -0.4 is 5.32 Å². The molecule has 1 aliphatic heterocycles. The average Bonchev–Trinajstić information content (AvgIpc) is 2.90. The Labute approximate surface area is 90.0 Å². The van der Waals surface area contributed by atoms with Crippen LogP contribution in [0.15, 0.2) is 0 Å². The normalized spacial score (nSPS) is 23.7. The highest BCUT2D eigenvalue weighted by atomic mass is 16.2. The first-order valence-corrected chi connectivity index (χ1v) is 5.65. The molecule has 1 N–H and O–H groups in total. The summed E-state index contributed by atoms with van der Waals surface area (Å²) >= 11 is 0. The summed E-state index contributed by atoms with van der Waals surface area (Å²) in [7, 11) is 1.87. The molecule has 2 amide bonds. The molecule has 4 nitrogen and oxygen atoms in total. The third-order valence-corrected chi connectivity index (χ3v) is 3.42. The number of rotatable bonds is 4. The Balaban J connectivity index is 1.88. The highest BCUT2D eigenvalue weighted by molar-refractivity contribution is 5.98. The molecule has 0 radical (unpaired) electrons. The predicted molar refractivity (Wildman–Crippen MR) is 56.2 cm³/mol. The zero-order chi connectivity index (χ0) is 10.9. The van der Waals surface area contributed by atoms with E-state index in [4.69, 9.17) is 0 Å². The van der Waals surface area contributed by atoms with E-state index in [2.05, 4.69) is 5.32 Å². The molecule has 0 unspecified atom stereocenters. The van der Waals surface area contributed by atoms with Gasteiger partial charge in [0.25, 0.3) is 0 Å². The second-order valence-electron chi connectivity index (χ2n) is 4.75. The van der Waals surface area contributed by atoms with Gasteiger partial charge in [-0.15, -0.1) is 0 Å². The summed E-state index contributed by atoms with van der Waals surface area (Å²) in [4.78, 5) is 24.9. The minimum Gasteiger partial charge on any atom is -0.320 e. The maximum atomic E-state index is 11.7. The van der Waals surface area contributed by atoms with E-state index in [0.29, 0.717) is 19.4 Å². The van der Waals surface area contributed by atoms with Crippen LogP contribution in [0.2, 0.25) is 0 Å². The number of hydrogen-bond donors (Lipinski definition) is 1. The molecule has 0 bridgehead atoms. The molecule has 1 saturated carbocycles. The van der Waals surface area contributed by atoms with E-state index < -0.39 is 0 Å². The van der Waals surface area contributed by atoms with Gasteiger partial charge in [0.05, 0.1) is 0 Å². The van der Waals surface area contributed by atoms with Gasteiger partial charge >= 0.3 is 0 Å². The number of piperidine rings is 1. The van der Waals surface area contributed by atoms with Gasteiger partial charge in [-0.2, -0.15) is 0 Å². The molecule has 2 rings (SSSR count). The van der Waals surface area contributed by atoms with E-state index in [-0.39, 0.29) is 17.2 Å². The zero-order valence-corrected chi connectivity index (χ0v) is 9.21. The van der Waals surface area contributed by atoms with Crippen molar-refractivity contribution in [1.29, 1.82) is 0 Å². The predicted octanol–water partition coefficient (Wildman–Crippen LogP) is 0.525. The third kappa shape index (κ3) is 2.20. The average molecular weight is 210 g/mol. The fourth-order valence-corrected chi connectivity index (χ4v) is 2.23. The first-order chi connectivity index (χ1) is 7.17. The van der Waals surface area contributed by atoms with E-state index >= 15 is 0 Å². The molecule has 0 aromatic carbocycles. The molecule has 2 aliphatic rings. The lowest BCUT2D eigenvalue weighted by Crippen LogP contribution is -2.44. The van der Waals surface area contributed by atoms with Crippen molar-refractivity contribution in [1.82, 2.24) is 10.2 Å². The van der Waals surface area contributed by atoms with E-state index in [0.717, 1.165) is 25.8 Å². The lowest BCUT2D eigenvalue weighted by Gasteiger charge is -2.29. The van der Waals surface area contributed by atoms with Crippen LogP contribution in [0, 0.1) is 5.41 Å². The van der Waals surface area contributed by atoms with Crippen LogP contribution in [0.3, 0.4) is 0 Å². The molecule has 15 heavy (non-hydrogen) atoms. The number of nitrogens with one attached hydrogen (secondary N) is 1. The van der Waals surface area contributed by atoms with Crippen molar-refractivity contribution in [2.45, 2.75) is 32.1 Å². The summed E-state index contributed by atoms with van der Waals surface area (Å²) < 4.78 is 0. The lowest BCUT2D eigenvalue weighted by atomic mass is 9.92. The van der Waals surface area contributed by atoms with Gasteiger partial charge in [-0.1, -0.05) is 0 Å². The minimum absolute atomic E-state index is 0.0415. The van der Waals surface area contributed by atoms with Gasteiger partial charge in [-0.3, -0.25) is 14.5 Å². The van der Waals surface area contributed by atoms with Crippen LogP contribution in [0.1, 0.15) is 32.1 Å². The number of nitrogens with zero attached hydrogens (tertiary/aromatic N) is 1.